The molecule has 0 unspecified atom stereocenters. The molecule has 0 aliphatic rings. The van der Waals surface area contributed by atoms with Gasteiger partial charge < -0.3 is 15.4 Å². The van der Waals surface area contributed by atoms with Crippen LogP contribution in [0.4, 0.5) is 31.5 Å². The summed E-state index contributed by atoms with van der Waals surface area (Å²) >= 11 is 0. The minimum absolute atomic E-state index is 0.0233. The zero-order valence-electron chi connectivity index (χ0n) is 17.2. The number of carbonyl (C=O) groups excluding carboxylic acids is 2. The lowest BCUT2D eigenvalue weighted by molar-refractivity contribution is -0.384. The second-order valence-electron chi connectivity index (χ2n) is 6.66. The molecule has 0 radical (unpaired) electrons. The molecular formula is C21H14F2N4O7. The Morgan fingerprint density at radius 2 is 1.29 bits per heavy atom. The first-order chi connectivity index (χ1) is 16.1. The van der Waals surface area contributed by atoms with Crippen molar-refractivity contribution < 1.29 is 33.0 Å². The predicted octanol–water partition coefficient (Wildman–Crippen LogP) is 4.29. The molecule has 0 spiro atoms. The van der Waals surface area contributed by atoms with Gasteiger partial charge in [-0.15, -0.1) is 0 Å². The molecule has 0 aliphatic carbocycles. The van der Waals surface area contributed by atoms with Crippen molar-refractivity contribution in [2.24, 2.45) is 0 Å². The molecule has 3 aromatic carbocycles. The van der Waals surface area contributed by atoms with Gasteiger partial charge in [-0.05, 0) is 30.3 Å². The molecule has 0 aliphatic heterocycles. The molecule has 2 N–H and O–H groups in total. The monoisotopic (exact) mass is 472 g/mol. The van der Waals surface area contributed by atoms with E-state index in [0.29, 0.717) is 0 Å². The summed E-state index contributed by atoms with van der Waals surface area (Å²) in [5.74, 6) is -3.56. The topological polar surface area (TPSA) is 154 Å². The highest BCUT2D eigenvalue weighted by atomic mass is 19.1. The van der Waals surface area contributed by atoms with Crippen LogP contribution in [0.25, 0.3) is 0 Å². The summed E-state index contributed by atoms with van der Waals surface area (Å²) in [5.41, 5.74) is -2.38. The van der Waals surface area contributed by atoms with Crippen molar-refractivity contribution >= 4 is 34.6 Å². The molecule has 0 heterocycles. The van der Waals surface area contributed by atoms with Crippen LogP contribution >= 0.6 is 0 Å². The fraction of sp³-hybridized carbons (Fsp3) is 0.0476. The van der Waals surface area contributed by atoms with Gasteiger partial charge in [0.15, 0.2) is 0 Å². The van der Waals surface area contributed by atoms with Gasteiger partial charge in [0, 0.05) is 29.8 Å². The third kappa shape index (κ3) is 5.09. The fourth-order valence-electron chi connectivity index (χ4n) is 2.95. The Labute approximate surface area is 189 Å². The van der Waals surface area contributed by atoms with Gasteiger partial charge in [0.05, 0.1) is 22.5 Å². The minimum Gasteiger partial charge on any atom is -0.496 e. The summed E-state index contributed by atoms with van der Waals surface area (Å²) in [7, 11) is 1.23. The van der Waals surface area contributed by atoms with E-state index in [0.717, 1.165) is 42.5 Å². The van der Waals surface area contributed by atoms with Crippen LogP contribution in [0.5, 0.6) is 5.75 Å². The summed E-state index contributed by atoms with van der Waals surface area (Å²) < 4.78 is 32.2. The van der Waals surface area contributed by atoms with Crippen molar-refractivity contribution in [3.8, 4) is 5.75 Å². The first kappa shape index (κ1) is 23.7. The van der Waals surface area contributed by atoms with E-state index in [1.54, 1.807) is 0 Å². The zero-order valence-corrected chi connectivity index (χ0v) is 17.2. The van der Waals surface area contributed by atoms with E-state index in [2.05, 4.69) is 10.6 Å². The Morgan fingerprint density at radius 1 is 0.794 bits per heavy atom. The molecule has 0 fully saturated rings. The van der Waals surface area contributed by atoms with Crippen molar-refractivity contribution in [2.45, 2.75) is 0 Å². The van der Waals surface area contributed by atoms with Crippen LogP contribution in [0, 0.1) is 31.9 Å². The maximum absolute atomic E-state index is 13.6. The first-order valence-electron chi connectivity index (χ1n) is 9.29. The number of amides is 2. The zero-order chi connectivity index (χ0) is 25.0. The summed E-state index contributed by atoms with van der Waals surface area (Å²) in [6.45, 7) is 0. The van der Waals surface area contributed by atoms with Crippen molar-refractivity contribution in [3.63, 3.8) is 0 Å². The smallest absolute Gasteiger partial charge is 0.292 e. The number of nitrogens with zero attached hydrogens (tertiary/aromatic N) is 2. The Kier molecular flexibility index (Phi) is 6.76. The highest BCUT2D eigenvalue weighted by molar-refractivity contribution is 6.11. The average molecular weight is 472 g/mol. The van der Waals surface area contributed by atoms with E-state index < -0.39 is 56.0 Å². The summed E-state index contributed by atoms with van der Waals surface area (Å²) in [5, 5.41) is 26.7. The van der Waals surface area contributed by atoms with E-state index in [4.69, 9.17) is 4.74 Å². The van der Waals surface area contributed by atoms with Gasteiger partial charge in [-0.1, -0.05) is 0 Å². The summed E-state index contributed by atoms with van der Waals surface area (Å²) in [6, 6.07) is 8.50. The Bertz CT molecular complexity index is 1330. The van der Waals surface area contributed by atoms with Crippen LogP contribution in [0.3, 0.4) is 0 Å². The van der Waals surface area contributed by atoms with Crippen molar-refractivity contribution in [2.75, 3.05) is 17.7 Å². The Hall–Kier alpha value is -4.94. The second kappa shape index (κ2) is 9.68. The van der Waals surface area contributed by atoms with Crippen LogP contribution in [-0.4, -0.2) is 28.8 Å². The molecular weight excluding hydrogens is 458 g/mol. The van der Waals surface area contributed by atoms with E-state index in [9.17, 15) is 38.6 Å². The standard InChI is InChI=1S/C21H14F2N4O7/c1-34-19-7-2-11(20(28)24-15-9-12(22)3-5-17(15)26(30)31)8-14(19)21(29)25-16-10-13(23)4-6-18(16)27(32)33/h2-10H,1H3,(H,24,28)(H,25,29). The maximum atomic E-state index is 13.6. The maximum Gasteiger partial charge on any atom is 0.292 e. The van der Waals surface area contributed by atoms with Crippen molar-refractivity contribution in [3.05, 3.63) is 97.6 Å². The molecule has 0 aromatic heterocycles. The molecule has 0 saturated carbocycles. The molecule has 13 heteroatoms. The fourth-order valence-corrected chi connectivity index (χ4v) is 2.95. The van der Waals surface area contributed by atoms with Gasteiger partial charge in [-0.25, -0.2) is 8.78 Å². The Balaban J connectivity index is 1.94. The number of benzene rings is 3. The molecule has 2 amide bonds. The number of methoxy groups -OCH3 is 1. The molecule has 174 valence electrons. The number of rotatable bonds is 7. The molecule has 0 bridgehead atoms. The number of ether oxygens (including phenoxy) is 1. The molecule has 0 atom stereocenters. The number of hydrogen-bond donors (Lipinski definition) is 2. The van der Waals surface area contributed by atoms with Gasteiger partial charge in [-0.2, -0.15) is 0 Å². The summed E-state index contributed by atoms with van der Waals surface area (Å²) in [6.07, 6.45) is 0. The number of halogens is 2. The van der Waals surface area contributed by atoms with Gasteiger partial charge in [0.25, 0.3) is 23.2 Å². The largest absolute Gasteiger partial charge is 0.496 e. The average Bonchev–Trinajstić information content (AvgIpc) is 2.78. The highest BCUT2D eigenvalue weighted by Crippen LogP contribution is 2.29. The number of nitro groups is 2. The first-order valence-corrected chi connectivity index (χ1v) is 9.29. The second-order valence-corrected chi connectivity index (χ2v) is 6.66. The third-order valence-corrected chi connectivity index (χ3v) is 4.51. The molecule has 3 rings (SSSR count). The number of anilines is 2. The van der Waals surface area contributed by atoms with E-state index >= 15 is 0 Å². The molecule has 3 aromatic rings. The lowest BCUT2D eigenvalue weighted by atomic mass is 10.1. The lowest BCUT2D eigenvalue weighted by Gasteiger charge is -2.12. The quantitative estimate of drug-likeness (QED) is 0.384. The van der Waals surface area contributed by atoms with Gasteiger partial charge in [0.1, 0.15) is 28.8 Å². The third-order valence-electron chi connectivity index (χ3n) is 4.51. The summed E-state index contributed by atoms with van der Waals surface area (Å²) in [4.78, 5) is 46.1. The van der Waals surface area contributed by atoms with E-state index in [1.807, 2.05) is 0 Å². The van der Waals surface area contributed by atoms with Crippen LogP contribution < -0.4 is 15.4 Å². The molecule has 11 nitrogen and oxygen atoms in total. The Morgan fingerprint density at radius 3 is 1.76 bits per heavy atom. The highest BCUT2D eigenvalue weighted by Gasteiger charge is 2.22. The molecule has 34 heavy (non-hydrogen) atoms. The minimum atomic E-state index is -0.961. The predicted molar refractivity (Wildman–Crippen MR) is 115 cm³/mol. The number of nitrogens with one attached hydrogen (secondary N) is 2. The molecule has 0 saturated heterocycles. The normalized spacial score (nSPS) is 10.3. The van der Waals surface area contributed by atoms with Crippen LogP contribution in [0.1, 0.15) is 20.7 Å². The van der Waals surface area contributed by atoms with Gasteiger partial charge >= 0.3 is 0 Å². The van der Waals surface area contributed by atoms with E-state index in [1.165, 1.54) is 19.2 Å². The van der Waals surface area contributed by atoms with Crippen molar-refractivity contribution in [1.29, 1.82) is 0 Å². The van der Waals surface area contributed by atoms with E-state index in [-0.39, 0.29) is 16.9 Å². The van der Waals surface area contributed by atoms with Crippen molar-refractivity contribution in [1.82, 2.24) is 0 Å². The van der Waals surface area contributed by atoms with Crippen LogP contribution in [0.15, 0.2) is 54.6 Å². The number of carbonyl (C=O) groups is 2. The lowest BCUT2D eigenvalue weighted by Crippen LogP contribution is -2.17. The van der Waals surface area contributed by atoms with Gasteiger partial charge in [-0.3, -0.25) is 29.8 Å². The number of hydrogen-bond acceptors (Lipinski definition) is 7. The van der Waals surface area contributed by atoms with Crippen LogP contribution in [0.2, 0.25) is 0 Å². The van der Waals surface area contributed by atoms with Gasteiger partial charge in [0.2, 0.25) is 0 Å². The van der Waals surface area contributed by atoms with Crippen LogP contribution in [-0.2, 0) is 0 Å². The SMILES string of the molecule is COc1ccc(C(=O)Nc2cc(F)ccc2[N+](=O)[O-])cc1C(=O)Nc1cc(F)ccc1[N+](=O)[O-]. The number of nitro benzene ring substituents is 2.